The zero-order valence-electron chi connectivity index (χ0n) is 12.6. The molecule has 1 unspecified atom stereocenters. The Morgan fingerprint density at radius 3 is 2.53 bits per heavy atom. The van der Waals surface area contributed by atoms with Gasteiger partial charge in [0.25, 0.3) is 0 Å². The molecule has 19 heavy (non-hydrogen) atoms. The molecule has 0 amide bonds. The van der Waals surface area contributed by atoms with E-state index in [1.54, 1.807) is 7.11 Å². The van der Waals surface area contributed by atoms with E-state index >= 15 is 0 Å². The number of aliphatic hydroxyl groups excluding tert-OH is 1. The fraction of sp³-hybridized carbons (Fsp3) is 0.600. The summed E-state index contributed by atoms with van der Waals surface area (Å²) in [6.45, 7) is 5.21. The van der Waals surface area contributed by atoms with E-state index in [1.165, 1.54) is 0 Å². The Labute approximate surface area is 116 Å². The van der Waals surface area contributed by atoms with E-state index in [9.17, 15) is 5.11 Å². The van der Waals surface area contributed by atoms with E-state index in [4.69, 9.17) is 4.74 Å². The molecule has 0 fully saturated rings. The van der Waals surface area contributed by atoms with Gasteiger partial charge in [-0.2, -0.15) is 0 Å². The first-order chi connectivity index (χ1) is 8.97. The molecular weight excluding hydrogens is 240 g/mol. The zero-order valence-corrected chi connectivity index (χ0v) is 12.6. The monoisotopic (exact) mass is 266 g/mol. The summed E-state index contributed by atoms with van der Waals surface area (Å²) < 4.78 is 5.45. The van der Waals surface area contributed by atoms with E-state index < -0.39 is 0 Å². The van der Waals surface area contributed by atoms with Crippen molar-refractivity contribution in [3.05, 3.63) is 29.8 Å². The van der Waals surface area contributed by atoms with Crippen LogP contribution >= 0.6 is 0 Å². The van der Waals surface area contributed by atoms with Crippen molar-refractivity contribution in [2.45, 2.75) is 25.4 Å². The van der Waals surface area contributed by atoms with Crippen LogP contribution in [0.15, 0.2) is 24.3 Å². The number of rotatable bonds is 7. The molecule has 0 aromatic heterocycles. The van der Waals surface area contributed by atoms with Gasteiger partial charge < -0.3 is 15.2 Å². The summed E-state index contributed by atoms with van der Waals surface area (Å²) in [6.07, 6.45) is 0. The standard InChI is InChI=1S/C15H26N2O2/c1-15(2,17(4)10-12(11-18)16-3)13-8-6-7-9-14(13)19-5/h6-9,12,16,18H,10-11H2,1-5H3. The van der Waals surface area contributed by atoms with Crippen molar-refractivity contribution in [1.82, 2.24) is 10.2 Å². The normalized spacial score (nSPS) is 13.6. The van der Waals surface area contributed by atoms with Crippen LogP contribution in [0.1, 0.15) is 19.4 Å². The molecule has 0 aliphatic carbocycles. The molecule has 1 rings (SSSR count). The van der Waals surface area contributed by atoms with Gasteiger partial charge in [0.1, 0.15) is 5.75 Å². The van der Waals surface area contributed by atoms with Crippen LogP contribution in [0.4, 0.5) is 0 Å². The lowest BCUT2D eigenvalue weighted by molar-refractivity contribution is 0.118. The quantitative estimate of drug-likeness (QED) is 0.784. The predicted molar refractivity (Wildman–Crippen MR) is 78.6 cm³/mol. The number of ether oxygens (including phenoxy) is 1. The van der Waals surface area contributed by atoms with Crippen LogP contribution in [0.2, 0.25) is 0 Å². The van der Waals surface area contributed by atoms with E-state index in [1.807, 2.05) is 25.2 Å². The molecule has 1 aromatic rings. The summed E-state index contributed by atoms with van der Waals surface area (Å²) in [5, 5.41) is 12.4. The molecule has 4 nitrogen and oxygen atoms in total. The third-order valence-corrected chi connectivity index (χ3v) is 3.84. The second kappa shape index (κ2) is 6.89. The maximum Gasteiger partial charge on any atom is 0.123 e. The zero-order chi connectivity index (χ0) is 14.5. The molecule has 0 radical (unpaired) electrons. The number of likely N-dealkylation sites (N-methyl/N-ethyl adjacent to an activating group) is 2. The van der Waals surface area contributed by atoms with Crippen molar-refractivity contribution in [3.8, 4) is 5.75 Å². The lowest BCUT2D eigenvalue weighted by atomic mass is 9.91. The molecule has 4 heteroatoms. The molecule has 0 bridgehead atoms. The van der Waals surface area contributed by atoms with Gasteiger partial charge in [-0.1, -0.05) is 18.2 Å². The maximum atomic E-state index is 9.30. The molecule has 0 aliphatic rings. The van der Waals surface area contributed by atoms with Gasteiger partial charge in [0, 0.05) is 23.7 Å². The summed E-state index contributed by atoms with van der Waals surface area (Å²) >= 11 is 0. The average Bonchev–Trinajstić information content (AvgIpc) is 2.44. The SMILES string of the molecule is CNC(CO)CN(C)C(C)(C)c1ccccc1OC. The minimum absolute atomic E-state index is 0.0685. The Morgan fingerprint density at radius 2 is 2.00 bits per heavy atom. The van der Waals surface area contributed by atoms with Gasteiger partial charge in [0.05, 0.1) is 13.7 Å². The molecule has 0 aliphatic heterocycles. The Kier molecular flexibility index (Phi) is 5.79. The van der Waals surface area contributed by atoms with E-state index in [0.717, 1.165) is 17.9 Å². The van der Waals surface area contributed by atoms with Gasteiger partial charge in [-0.3, -0.25) is 4.90 Å². The van der Waals surface area contributed by atoms with Crippen LogP contribution < -0.4 is 10.1 Å². The summed E-state index contributed by atoms with van der Waals surface area (Å²) in [7, 11) is 5.62. The van der Waals surface area contributed by atoms with Gasteiger partial charge in [-0.05, 0) is 34.0 Å². The number of hydrogen-bond acceptors (Lipinski definition) is 4. The largest absolute Gasteiger partial charge is 0.496 e. The third kappa shape index (κ3) is 3.69. The van der Waals surface area contributed by atoms with Crippen LogP contribution in [0.25, 0.3) is 0 Å². The number of methoxy groups -OCH3 is 1. The van der Waals surface area contributed by atoms with Crippen molar-refractivity contribution in [1.29, 1.82) is 0 Å². The fourth-order valence-electron chi connectivity index (χ4n) is 2.15. The molecule has 0 saturated carbocycles. The highest BCUT2D eigenvalue weighted by Crippen LogP contribution is 2.33. The van der Waals surface area contributed by atoms with Crippen molar-refractivity contribution < 1.29 is 9.84 Å². The lowest BCUT2D eigenvalue weighted by Gasteiger charge is -2.38. The number of para-hydroxylation sites is 1. The number of hydrogen-bond donors (Lipinski definition) is 2. The highest BCUT2D eigenvalue weighted by Gasteiger charge is 2.29. The van der Waals surface area contributed by atoms with E-state index in [0.29, 0.717) is 0 Å². The first kappa shape index (κ1) is 16.0. The van der Waals surface area contributed by atoms with Gasteiger partial charge in [-0.15, -0.1) is 0 Å². The summed E-state index contributed by atoms with van der Waals surface area (Å²) in [6, 6.07) is 8.13. The number of nitrogens with zero attached hydrogens (tertiary/aromatic N) is 1. The molecule has 108 valence electrons. The highest BCUT2D eigenvalue weighted by molar-refractivity contribution is 5.38. The van der Waals surface area contributed by atoms with E-state index in [-0.39, 0.29) is 18.2 Å². The fourth-order valence-corrected chi connectivity index (χ4v) is 2.15. The summed E-state index contributed by atoms with van der Waals surface area (Å²) in [5.41, 5.74) is 0.976. The van der Waals surface area contributed by atoms with Gasteiger partial charge in [0.2, 0.25) is 0 Å². The number of nitrogens with one attached hydrogen (secondary N) is 1. The topological polar surface area (TPSA) is 44.7 Å². The van der Waals surface area contributed by atoms with Crippen LogP contribution in [-0.4, -0.2) is 50.4 Å². The predicted octanol–water partition coefficient (Wildman–Crippen LogP) is 1.44. The highest BCUT2D eigenvalue weighted by atomic mass is 16.5. The molecule has 0 heterocycles. The molecule has 1 aromatic carbocycles. The molecule has 0 spiro atoms. The van der Waals surface area contributed by atoms with Crippen LogP contribution in [0.3, 0.4) is 0 Å². The maximum absolute atomic E-state index is 9.30. The first-order valence-electron chi connectivity index (χ1n) is 6.60. The second-order valence-corrected chi connectivity index (χ2v) is 5.31. The van der Waals surface area contributed by atoms with Gasteiger partial charge in [0.15, 0.2) is 0 Å². The van der Waals surface area contributed by atoms with Crippen molar-refractivity contribution in [3.63, 3.8) is 0 Å². The van der Waals surface area contributed by atoms with Crippen LogP contribution in [-0.2, 0) is 5.54 Å². The molecular formula is C15H26N2O2. The van der Waals surface area contributed by atoms with Crippen molar-refractivity contribution in [2.24, 2.45) is 0 Å². The van der Waals surface area contributed by atoms with E-state index in [2.05, 4.69) is 37.2 Å². The Morgan fingerprint density at radius 1 is 1.37 bits per heavy atom. The second-order valence-electron chi connectivity index (χ2n) is 5.31. The van der Waals surface area contributed by atoms with Gasteiger partial charge >= 0.3 is 0 Å². The molecule has 1 atom stereocenters. The van der Waals surface area contributed by atoms with Crippen LogP contribution in [0.5, 0.6) is 5.75 Å². The first-order valence-corrected chi connectivity index (χ1v) is 6.60. The Hall–Kier alpha value is -1.10. The minimum Gasteiger partial charge on any atom is -0.496 e. The smallest absolute Gasteiger partial charge is 0.123 e. The molecule has 0 saturated heterocycles. The van der Waals surface area contributed by atoms with Crippen molar-refractivity contribution >= 4 is 0 Å². The summed E-state index contributed by atoms with van der Waals surface area (Å²) in [5.74, 6) is 0.893. The molecule has 2 N–H and O–H groups in total. The third-order valence-electron chi connectivity index (χ3n) is 3.84. The average molecular weight is 266 g/mol. The minimum atomic E-state index is -0.170. The van der Waals surface area contributed by atoms with Crippen LogP contribution in [0, 0.1) is 0 Å². The summed E-state index contributed by atoms with van der Waals surface area (Å²) in [4.78, 5) is 2.22. The Balaban J connectivity index is 2.95. The Bertz CT molecular complexity index is 389. The lowest BCUT2D eigenvalue weighted by Crippen LogP contribution is -2.47. The number of benzene rings is 1. The number of aliphatic hydroxyl groups is 1. The van der Waals surface area contributed by atoms with Crippen molar-refractivity contribution in [2.75, 3.05) is 34.4 Å². The van der Waals surface area contributed by atoms with Gasteiger partial charge in [-0.25, -0.2) is 0 Å².